The number of halogens is 3. The molecule has 0 heterocycles. The van der Waals surface area contributed by atoms with E-state index in [1.54, 1.807) is 24.3 Å². The molecule has 0 aliphatic carbocycles. The average Bonchev–Trinajstić information content (AvgIpc) is 2.42. The highest BCUT2D eigenvalue weighted by Gasteiger charge is 2.27. The molecule has 0 unspecified atom stereocenters. The topological polar surface area (TPSA) is 26.3 Å². The highest BCUT2D eigenvalue weighted by molar-refractivity contribution is 8.00. The number of ether oxygens (including phenoxy) is 1. The minimum absolute atomic E-state index is 0.113. The highest BCUT2D eigenvalue weighted by atomic mass is 32.2. The van der Waals surface area contributed by atoms with Crippen molar-refractivity contribution in [3.63, 3.8) is 0 Å². The fourth-order valence-electron chi connectivity index (χ4n) is 1.98. The lowest BCUT2D eigenvalue weighted by molar-refractivity contribution is -0.0329. The van der Waals surface area contributed by atoms with E-state index in [1.165, 1.54) is 6.92 Å². The summed E-state index contributed by atoms with van der Waals surface area (Å²) in [7, 11) is 0. The number of ketones is 1. The maximum Gasteiger partial charge on any atom is 0.441 e. The molecule has 0 spiro atoms. The van der Waals surface area contributed by atoms with Crippen LogP contribution in [0.15, 0.2) is 36.4 Å². The van der Waals surface area contributed by atoms with Gasteiger partial charge in [0.05, 0.1) is 12.2 Å². The largest absolute Gasteiger partial charge is 0.491 e. The minimum Gasteiger partial charge on any atom is -0.491 e. The summed E-state index contributed by atoms with van der Waals surface area (Å²) in [5.41, 5.74) is -3.89. The number of benzene rings is 2. The van der Waals surface area contributed by atoms with Gasteiger partial charge in [-0.3, -0.25) is 4.79 Å². The summed E-state index contributed by atoms with van der Waals surface area (Å²) in [6.45, 7) is 1.29. The normalized spacial score (nSPS) is 11.6. The zero-order valence-corrected chi connectivity index (χ0v) is 12.1. The van der Waals surface area contributed by atoms with Crippen LogP contribution < -0.4 is 4.74 Å². The van der Waals surface area contributed by atoms with Crippen LogP contribution in [0.4, 0.5) is 13.2 Å². The van der Waals surface area contributed by atoms with Crippen LogP contribution in [0, 0.1) is 0 Å². The van der Waals surface area contributed by atoms with Gasteiger partial charge in [0.25, 0.3) is 0 Å². The molecule has 0 aromatic heterocycles. The van der Waals surface area contributed by atoms with E-state index in [2.05, 4.69) is 0 Å². The predicted octanol–water partition coefficient (Wildman–Crippen LogP) is 4.67. The van der Waals surface area contributed by atoms with Crippen molar-refractivity contribution in [1.82, 2.24) is 0 Å². The van der Waals surface area contributed by atoms with Crippen LogP contribution in [0.25, 0.3) is 10.8 Å². The van der Waals surface area contributed by atoms with Crippen LogP contribution in [0.5, 0.6) is 5.75 Å². The first kappa shape index (κ1) is 15.7. The van der Waals surface area contributed by atoms with Gasteiger partial charge in [0, 0.05) is 11.1 Å². The summed E-state index contributed by atoms with van der Waals surface area (Å²) in [6.07, 6.45) is 0. The molecule has 0 atom stereocenters. The van der Waals surface area contributed by atoms with Crippen molar-refractivity contribution in [1.29, 1.82) is 0 Å². The molecule has 2 aromatic carbocycles. The van der Waals surface area contributed by atoms with Crippen molar-refractivity contribution in [3.8, 4) is 5.75 Å². The van der Waals surface area contributed by atoms with Gasteiger partial charge < -0.3 is 4.74 Å². The van der Waals surface area contributed by atoms with Gasteiger partial charge in [-0.25, -0.2) is 0 Å². The summed E-state index contributed by atoms with van der Waals surface area (Å²) in [4.78, 5) is 11.6. The Bertz CT molecular complexity index is 653. The van der Waals surface area contributed by atoms with Gasteiger partial charge >= 0.3 is 5.51 Å². The lowest BCUT2D eigenvalue weighted by atomic mass is 10.0. The second-order valence-electron chi connectivity index (χ2n) is 4.36. The first-order valence-electron chi connectivity index (χ1n) is 6.24. The van der Waals surface area contributed by atoms with E-state index in [9.17, 15) is 18.0 Å². The van der Waals surface area contributed by atoms with E-state index in [0.29, 0.717) is 11.3 Å². The zero-order chi connectivity index (χ0) is 15.5. The number of thioether (sulfide) groups is 1. The zero-order valence-electron chi connectivity index (χ0n) is 11.2. The third kappa shape index (κ3) is 4.14. The third-order valence-electron chi connectivity index (χ3n) is 2.85. The van der Waals surface area contributed by atoms with Gasteiger partial charge in [-0.05, 0) is 30.1 Å². The number of carbonyl (C=O) groups excluding carboxylic acids is 1. The van der Waals surface area contributed by atoms with Crippen LogP contribution in [0.2, 0.25) is 0 Å². The van der Waals surface area contributed by atoms with Crippen molar-refractivity contribution < 1.29 is 22.7 Å². The van der Waals surface area contributed by atoms with E-state index in [-0.39, 0.29) is 29.9 Å². The Hall–Kier alpha value is -1.69. The molecule has 0 saturated heterocycles. The summed E-state index contributed by atoms with van der Waals surface area (Å²) in [5.74, 6) is -0.0491. The molecular weight excluding hydrogens is 301 g/mol. The lowest BCUT2D eigenvalue weighted by Gasteiger charge is -2.13. The fourth-order valence-corrected chi connectivity index (χ4v) is 2.37. The number of carbonyl (C=O) groups is 1. The Morgan fingerprint density at radius 3 is 2.57 bits per heavy atom. The number of Topliss-reactive ketones (excluding diaryl/α,β-unsaturated/α-hetero) is 1. The van der Waals surface area contributed by atoms with E-state index in [1.807, 2.05) is 12.1 Å². The van der Waals surface area contributed by atoms with Crippen molar-refractivity contribution in [2.75, 3.05) is 12.4 Å². The Labute approximate surface area is 124 Å². The quantitative estimate of drug-likeness (QED) is 0.592. The summed E-state index contributed by atoms with van der Waals surface area (Å²) >= 11 is -0.137. The summed E-state index contributed by atoms with van der Waals surface area (Å²) < 4.78 is 41.8. The molecule has 0 saturated carbocycles. The monoisotopic (exact) mass is 314 g/mol. The molecule has 0 aliphatic rings. The van der Waals surface area contributed by atoms with Crippen molar-refractivity contribution in [2.24, 2.45) is 0 Å². The Kier molecular flexibility index (Phi) is 4.77. The first-order chi connectivity index (χ1) is 9.88. The summed E-state index contributed by atoms with van der Waals surface area (Å²) in [6, 6.07) is 10.7. The van der Waals surface area contributed by atoms with Crippen molar-refractivity contribution >= 4 is 28.3 Å². The highest BCUT2D eigenvalue weighted by Crippen LogP contribution is 2.32. The van der Waals surface area contributed by atoms with Crippen LogP contribution in [0.1, 0.15) is 17.3 Å². The van der Waals surface area contributed by atoms with Gasteiger partial charge in [0.2, 0.25) is 0 Å². The fraction of sp³-hybridized carbons (Fsp3) is 0.267. The molecule has 0 bridgehead atoms. The number of alkyl halides is 3. The Morgan fingerprint density at radius 2 is 1.90 bits per heavy atom. The van der Waals surface area contributed by atoms with Gasteiger partial charge in [-0.15, -0.1) is 0 Å². The molecule has 0 aliphatic heterocycles. The van der Waals surface area contributed by atoms with Crippen LogP contribution in [-0.4, -0.2) is 23.7 Å². The molecule has 6 heteroatoms. The maximum absolute atomic E-state index is 12.1. The average molecular weight is 314 g/mol. The number of hydrogen-bond donors (Lipinski definition) is 0. The van der Waals surface area contributed by atoms with Crippen molar-refractivity contribution in [2.45, 2.75) is 12.4 Å². The van der Waals surface area contributed by atoms with Crippen LogP contribution >= 0.6 is 11.8 Å². The standard InChI is InChI=1S/C15H13F3O2S/c1-10(19)12-7-6-11-4-2-3-5-13(11)14(12)20-8-9-21-15(16,17)18/h2-7H,8-9H2,1H3. The van der Waals surface area contributed by atoms with Gasteiger partial charge in [-0.2, -0.15) is 13.2 Å². The lowest BCUT2D eigenvalue weighted by Crippen LogP contribution is -2.09. The van der Waals surface area contributed by atoms with Gasteiger partial charge in [0.1, 0.15) is 5.75 Å². The molecule has 112 valence electrons. The first-order valence-corrected chi connectivity index (χ1v) is 7.23. The van der Waals surface area contributed by atoms with Crippen LogP contribution in [0.3, 0.4) is 0 Å². The smallest absolute Gasteiger partial charge is 0.441 e. The molecule has 21 heavy (non-hydrogen) atoms. The second kappa shape index (κ2) is 6.39. The molecule has 2 nitrogen and oxygen atoms in total. The van der Waals surface area contributed by atoms with Crippen LogP contribution in [-0.2, 0) is 0 Å². The molecule has 2 rings (SSSR count). The third-order valence-corrected chi connectivity index (χ3v) is 3.55. The van der Waals surface area contributed by atoms with E-state index < -0.39 is 5.51 Å². The van der Waals surface area contributed by atoms with Gasteiger partial charge in [0.15, 0.2) is 5.78 Å². The molecule has 2 aromatic rings. The molecule has 0 fully saturated rings. The predicted molar refractivity (Wildman–Crippen MR) is 78.0 cm³/mol. The van der Waals surface area contributed by atoms with Gasteiger partial charge in [-0.1, -0.05) is 30.3 Å². The van der Waals surface area contributed by atoms with Crippen molar-refractivity contribution in [3.05, 3.63) is 42.0 Å². The number of hydrogen-bond acceptors (Lipinski definition) is 3. The summed E-state index contributed by atoms with van der Waals surface area (Å²) in [5, 5.41) is 1.60. The second-order valence-corrected chi connectivity index (χ2v) is 5.52. The maximum atomic E-state index is 12.1. The van der Waals surface area contributed by atoms with E-state index in [0.717, 1.165) is 10.8 Å². The van der Waals surface area contributed by atoms with E-state index in [4.69, 9.17) is 4.74 Å². The Morgan fingerprint density at radius 1 is 1.19 bits per heavy atom. The molecule has 0 amide bonds. The minimum atomic E-state index is -4.27. The SMILES string of the molecule is CC(=O)c1ccc2ccccc2c1OCCSC(F)(F)F. The molecular formula is C15H13F3O2S. The number of fused-ring (bicyclic) bond motifs is 1. The molecule has 0 N–H and O–H groups in total. The van der Waals surface area contributed by atoms with E-state index >= 15 is 0 Å². The Balaban J connectivity index is 2.23. The number of rotatable bonds is 5. The molecule has 0 radical (unpaired) electrons.